The van der Waals surface area contributed by atoms with E-state index in [1.54, 1.807) is 6.08 Å². The third kappa shape index (κ3) is 2.40. The van der Waals surface area contributed by atoms with E-state index in [9.17, 15) is 4.79 Å². The molecule has 0 aliphatic carbocycles. The predicted octanol–water partition coefficient (Wildman–Crippen LogP) is 3.77. The fraction of sp³-hybridized carbons (Fsp3) is 0.214. The van der Waals surface area contributed by atoms with Gasteiger partial charge in [-0.1, -0.05) is 38.6 Å². The summed E-state index contributed by atoms with van der Waals surface area (Å²) in [7, 11) is 0. The second-order valence-corrected chi connectivity index (χ2v) is 3.21. The lowest BCUT2D eigenvalue weighted by atomic mass is 10.1. The van der Waals surface area contributed by atoms with Crippen LogP contribution in [0, 0.1) is 6.92 Å². The minimum absolute atomic E-state index is 0.309. The first-order chi connectivity index (χ1) is 7.70. The molecule has 2 aromatic rings. The van der Waals surface area contributed by atoms with Gasteiger partial charge in [-0.15, -0.1) is 0 Å². The first-order valence-corrected chi connectivity index (χ1v) is 5.37. The molecule has 0 amide bonds. The van der Waals surface area contributed by atoms with E-state index in [-0.39, 0.29) is 5.63 Å². The molecule has 0 saturated heterocycles. The molecular weight excluding hydrogens is 200 g/mol. The van der Waals surface area contributed by atoms with Gasteiger partial charge in [-0.25, -0.2) is 4.79 Å². The van der Waals surface area contributed by atoms with Gasteiger partial charge >= 0.3 is 5.63 Å². The Labute approximate surface area is 95.2 Å². The van der Waals surface area contributed by atoms with Crippen LogP contribution >= 0.6 is 0 Å². The molecule has 0 radical (unpaired) electrons. The van der Waals surface area contributed by atoms with Crippen LogP contribution in [0.1, 0.15) is 25.0 Å². The summed E-state index contributed by atoms with van der Waals surface area (Å²) in [5.41, 5.74) is 2.20. The Morgan fingerprint density at radius 1 is 1.25 bits per heavy atom. The average Bonchev–Trinajstić information content (AvgIpc) is 2.30. The van der Waals surface area contributed by atoms with E-state index < -0.39 is 0 Å². The van der Waals surface area contributed by atoms with Crippen LogP contribution in [0.2, 0.25) is 0 Å². The molecule has 2 rings (SSSR count). The second-order valence-electron chi connectivity index (χ2n) is 3.21. The Balaban J connectivity index is 0.000000606. The highest BCUT2D eigenvalue weighted by Gasteiger charge is 2.01. The number of fused-ring (bicyclic) bond motifs is 1. The van der Waals surface area contributed by atoms with Crippen LogP contribution in [0.4, 0.5) is 0 Å². The van der Waals surface area contributed by atoms with Crippen molar-refractivity contribution in [3.8, 4) is 0 Å². The SMILES string of the molecule is C=Cc1ccc2c(C)cc(=O)oc2c1.CC. The average molecular weight is 216 g/mol. The highest BCUT2D eigenvalue weighted by atomic mass is 16.4. The third-order valence-corrected chi connectivity index (χ3v) is 2.21. The summed E-state index contributed by atoms with van der Waals surface area (Å²) in [5, 5.41) is 0.968. The molecule has 16 heavy (non-hydrogen) atoms. The highest BCUT2D eigenvalue weighted by Crippen LogP contribution is 2.18. The molecule has 0 aliphatic rings. The molecule has 1 heterocycles. The van der Waals surface area contributed by atoms with Gasteiger partial charge in [0.2, 0.25) is 0 Å². The molecule has 1 aromatic heterocycles. The van der Waals surface area contributed by atoms with Crippen molar-refractivity contribution in [1.82, 2.24) is 0 Å². The molecule has 0 N–H and O–H groups in total. The van der Waals surface area contributed by atoms with Crippen molar-refractivity contribution in [2.75, 3.05) is 0 Å². The van der Waals surface area contributed by atoms with Crippen molar-refractivity contribution < 1.29 is 4.42 Å². The minimum atomic E-state index is -0.309. The molecule has 0 spiro atoms. The van der Waals surface area contributed by atoms with E-state index in [0.29, 0.717) is 5.58 Å². The molecule has 84 valence electrons. The smallest absolute Gasteiger partial charge is 0.336 e. The zero-order chi connectivity index (χ0) is 12.1. The second kappa shape index (κ2) is 5.31. The number of aryl methyl sites for hydroxylation is 1. The summed E-state index contributed by atoms with van der Waals surface area (Å²) in [5.74, 6) is 0. The molecule has 2 heteroatoms. The van der Waals surface area contributed by atoms with E-state index >= 15 is 0 Å². The van der Waals surface area contributed by atoms with Crippen molar-refractivity contribution in [2.24, 2.45) is 0 Å². The van der Waals surface area contributed by atoms with Crippen LogP contribution in [0.5, 0.6) is 0 Å². The fourth-order valence-electron chi connectivity index (χ4n) is 1.47. The van der Waals surface area contributed by atoms with Gasteiger partial charge in [-0.2, -0.15) is 0 Å². The van der Waals surface area contributed by atoms with Crippen molar-refractivity contribution in [1.29, 1.82) is 0 Å². The van der Waals surface area contributed by atoms with Crippen molar-refractivity contribution >= 4 is 17.0 Å². The van der Waals surface area contributed by atoms with Gasteiger partial charge in [0.25, 0.3) is 0 Å². The Morgan fingerprint density at radius 2 is 1.94 bits per heavy atom. The van der Waals surface area contributed by atoms with Gasteiger partial charge in [0, 0.05) is 11.5 Å². The Hall–Kier alpha value is -1.83. The summed E-state index contributed by atoms with van der Waals surface area (Å²) in [6.07, 6.45) is 1.72. The van der Waals surface area contributed by atoms with E-state index in [1.807, 2.05) is 39.0 Å². The van der Waals surface area contributed by atoms with Gasteiger partial charge < -0.3 is 4.42 Å². The molecule has 1 aromatic carbocycles. The van der Waals surface area contributed by atoms with Gasteiger partial charge in [0.05, 0.1) is 0 Å². The lowest BCUT2D eigenvalue weighted by molar-refractivity contribution is 0.560. The van der Waals surface area contributed by atoms with Crippen molar-refractivity contribution in [3.63, 3.8) is 0 Å². The van der Waals surface area contributed by atoms with Crippen LogP contribution in [0.15, 0.2) is 40.1 Å². The topological polar surface area (TPSA) is 30.2 Å². The van der Waals surface area contributed by atoms with E-state index in [4.69, 9.17) is 4.42 Å². The van der Waals surface area contributed by atoms with E-state index in [0.717, 1.165) is 16.5 Å². The van der Waals surface area contributed by atoms with Crippen LogP contribution in [0.3, 0.4) is 0 Å². The maximum atomic E-state index is 11.1. The number of rotatable bonds is 1. The summed E-state index contributed by atoms with van der Waals surface area (Å²) < 4.78 is 5.08. The van der Waals surface area contributed by atoms with Gasteiger partial charge in [-0.3, -0.25) is 0 Å². The van der Waals surface area contributed by atoms with Gasteiger partial charge in [-0.05, 0) is 24.1 Å². The minimum Gasteiger partial charge on any atom is -0.423 e. The monoisotopic (exact) mass is 216 g/mol. The Morgan fingerprint density at radius 3 is 2.56 bits per heavy atom. The molecule has 2 nitrogen and oxygen atoms in total. The first-order valence-electron chi connectivity index (χ1n) is 5.37. The maximum Gasteiger partial charge on any atom is 0.336 e. The van der Waals surface area contributed by atoms with E-state index in [1.165, 1.54) is 6.07 Å². The number of benzene rings is 1. The van der Waals surface area contributed by atoms with Gasteiger partial charge in [0.15, 0.2) is 0 Å². The molecule has 0 aliphatic heterocycles. The quantitative estimate of drug-likeness (QED) is 0.679. The standard InChI is InChI=1S/C12H10O2.C2H6/c1-3-9-4-5-10-8(2)6-12(13)14-11(10)7-9;1-2/h3-7H,1H2,2H3;1-2H3. The zero-order valence-corrected chi connectivity index (χ0v) is 9.91. The molecule has 0 saturated carbocycles. The van der Waals surface area contributed by atoms with Crippen molar-refractivity contribution in [3.05, 3.63) is 52.4 Å². The predicted molar refractivity (Wildman–Crippen MR) is 68.7 cm³/mol. The summed E-state index contributed by atoms with van der Waals surface area (Å²) >= 11 is 0. The largest absolute Gasteiger partial charge is 0.423 e. The van der Waals surface area contributed by atoms with Crippen molar-refractivity contribution in [2.45, 2.75) is 20.8 Å². The Kier molecular flexibility index (Phi) is 4.06. The fourth-order valence-corrected chi connectivity index (χ4v) is 1.47. The lowest BCUT2D eigenvalue weighted by Gasteiger charge is -2.00. The van der Waals surface area contributed by atoms with Crippen LogP contribution in [-0.2, 0) is 0 Å². The first kappa shape index (κ1) is 12.2. The zero-order valence-electron chi connectivity index (χ0n) is 9.91. The molecule has 0 bridgehead atoms. The third-order valence-electron chi connectivity index (χ3n) is 2.21. The van der Waals surface area contributed by atoms with Crippen LogP contribution in [0.25, 0.3) is 17.0 Å². The van der Waals surface area contributed by atoms with Gasteiger partial charge in [0.1, 0.15) is 5.58 Å². The van der Waals surface area contributed by atoms with Crippen LogP contribution in [-0.4, -0.2) is 0 Å². The van der Waals surface area contributed by atoms with E-state index in [2.05, 4.69) is 6.58 Å². The maximum absolute atomic E-state index is 11.1. The Bertz CT molecular complexity index is 550. The molecular formula is C14H16O2. The lowest BCUT2D eigenvalue weighted by Crippen LogP contribution is -1.97. The molecule has 0 fully saturated rings. The summed E-state index contributed by atoms with van der Waals surface area (Å²) in [4.78, 5) is 11.1. The summed E-state index contributed by atoms with van der Waals surface area (Å²) in [6, 6.07) is 7.19. The molecule has 0 atom stereocenters. The van der Waals surface area contributed by atoms with Crippen LogP contribution < -0.4 is 5.63 Å². The highest BCUT2D eigenvalue weighted by molar-refractivity contribution is 5.82. The summed E-state index contributed by atoms with van der Waals surface area (Å²) in [6.45, 7) is 9.56. The number of hydrogen-bond acceptors (Lipinski definition) is 2. The number of hydrogen-bond donors (Lipinski definition) is 0. The molecule has 0 unspecified atom stereocenters. The normalized spacial score (nSPS) is 9.44.